The number of nitrogens with zero attached hydrogens (tertiary/aromatic N) is 1. The second-order valence-corrected chi connectivity index (χ2v) is 16.6. The van der Waals surface area contributed by atoms with Gasteiger partial charge in [0.25, 0.3) is 0 Å². The number of hydrogen-bond donors (Lipinski definition) is 3. The third-order valence-corrected chi connectivity index (χ3v) is 13.6. The Morgan fingerprint density at radius 2 is 0.967 bits per heavy atom. The van der Waals surface area contributed by atoms with E-state index in [0.29, 0.717) is 22.3 Å². The van der Waals surface area contributed by atoms with Crippen LogP contribution in [0.15, 0.2) is 147 Å². The van der Waals surface area contributed by atoms with Crippen molar-refractivity contribution in [1.82, 2.24) is 0 Å². The van der Waals surface area contributed by atoms with Crippen molar-refractivity contribution >= 4 is 77.6 Å². The van der Waals surface area contributed by atoms with Gasteiger partial charge in [-0.15, -0.1) is 11.3 Å². The number of anilines is 3. The van der Waals surface area contributed by atoms with E-state index in [1.807, 2.05) is 49.4 Å². The van der Waals surface area contributed by atoms with Crippen molar-refractivity contribution in [2.75, 3.05) is 4.90 Å². The molecular formula is C56H45NO3S. The minimum absolute atomic E-state index is 0.0437. The van der Waals surface area contributed by atoms with Gasteiger partial charge in [-0.1, -0.05) is 117 Å². The first-order chi connectivity index (χ1) is 29.6. The van der Waals surface area contributed by atoms with Crippen LogP contribution in [0.5, 0.6) is 17.2 Å². The number of hydrogen-bond acceptors (Lipinski definition) is 5. The summed E-state index contributed by atoms with van der Waals surface area (Å²) in [5, 5.41) is 38.6. The van der Waals surface area contributed by atoms with Crippen LogP contribution in [-0.2, 0) is 0 Å². The van der Waals surface area contributed by atoms with E-state index in [9.17, 15) is 15.3 Å². The van der Waals surface area contributed by atoms with Gasteiger partial charge in [0.2, 0.25) is 0 Å². The van der Waals surface area contributed by atoms with Crippen LogP contribution in [0.2, 0.25) is 0 Å². The standard InChI is InChI=1S/C56H45NO3S/c1-8-41-42(9-2)56(60)53(35(7)55(41)59)37-21-26-40(27-22-37)57(39-24-19-36(20-25-39)52-33(5)32(4)34(6)54(58)43(52)10-3)49-29-28-44(45-15-11-12-16-46(45)49)38-23-30-51-48(31-38)47-17-13-14-18-50(47)61-51/h8-31,58-60H,1-3H2,4-7H3. The van der Waals surface area contributed by atoms with Crippen molar-refractivity contribution in [2.24, 2.45) is 0 Å². The van der Waals surface area contributed by atoms with Crippen LogP contribution in [0.1, 0.15) is 38.9 Å². The van der Waals surface area contributed by atoms with Crippen molar-refractivity contribution in [2.45, 2.75) is 27.7 Å². The zero-order chi connectivity index (χ0) is 42.7. The maximum absolute atomic E-state index is 11.5. The number of rotatable bonds is 9. The summed E-state index contributed by atoms with van der Waals surface area (Å²) in [7, 11) is 0. The molecule has 0 atom stereocenters. The molecule has 0 aliphatic rings. The van der Waals surface area contributed by atoms with E-state index < -0.39 is 0 Å². The molecule has 0 bridgehead atoms. The van der Waals surface area contributed by atoms with Crippen LogP contribution < -0.4 is 4.90 Å². The van der Waals surface area contributed by atoms with Crippen LogP contribution in [0.4, 0.5) is 17.1 Å². The maximum atomic E-state index is 11.5. The van der Waals surface area contributed by atoms with Gasteiger partial charge < -0.3 is 20.2 Å². The maximum Gasteiger partial charge on any atom is 0.131 e. The molecule has 298 valence electrons. The summed E-state index contributed by atoms with van der Waals surface area (Å²) in [5.74, 6) is 0.362. The van der Waals surface area contributed by atoms with Crippen molar-refractivity contribution < 1.29 is 15.3 Å². The Morgan fingerprint density at radius 1 is 0.443 bits per heavy atom. The number of phenolic OH excluding ortho intramolecular Hbond substituents is 3. The summed E-state index contributed by atoms with van der Waals surface area (Å²) >= 11 is 1.82. The highest BCUT2D eigenvalue weighted by molar-refractivity contribution is 7.25. The van der Waals surface area contributed by atoms with Gasteiger partial charge in [-0.3, -0.25) is 0 Å². The summed E-state index contributed by atoms with van der Waals surface area (Å²) in [5.41, 5.74) is 13.5. The molecule has 1 aromatic heterocycles. The summed E-state index contributed by atoms with van der Waals surface area (Å²) in [6.45, 7) is 19.7. The molecule has 0 radical (unpaired) electrons. The van der Waals surface area contributed by atoms with Gasteiger partial charge in [0.05, 0.1) is 5.69 Å². The van der Waals surface area contributed by atoms with Gasteiger partial charge in [-0.2, -0.15) is 0 Å². The van der Waals surface area contributed by atoms with Gasteiger partial charge in [0.1, 0.15) is 17.2 Å². The van der Waals surface area contributed by atoms with Crippen LogP contribution >= 0.6 is 11.3 Å². The fourth-order valence-electron chi connectivity index (χ4n) is 9.00. The Hall–Kier alpha value is -7.34. The molecule has 3 N–H and O–H groups in total. The number of phenols is 3. The van der Waals surface area contributed by atoms with Crippen LogP contribution in [0.3, 0.4) is 0 Å². The third kappa shape index (κ3) is 6.28. The Morgan fingerprint density at radius 3 is 1.61 bits per heavy atom. The molecule has 61 heavy (non-hydrogen) atoms. The largest absolute Gasteiger partial charge is 0.507 e. The molecule has 9 rings (SSSR count). The first-order valence-electron chi connectivity index (χ1n) is 20.3. The molecule has 0 saturated carbocycles. The SMILES string of the molecule is C=Cc1c(O)c(C)c(-c2ccc(N(c3ccc(-c4c(C)c(C)c(C)c(O)c4C=C)cc3)c3ccc(-c4ccc5sc6ccccc6c5c4)c4ccccc34)cc2)c(O)c1C=C. The van der Waals surface area contributed by atoms with Gasteiger partial charge in [-0.25, -0.2) is 0 Å². The number of benzene rings is 8. The van der Waals surface area contributed by atoms with Crippen molar-refractivity contribution in [3.05, 3.63) is 186 Å². The number of fused-ring (bicyclic) bond motifs is 4. The normalized spacial score (nSPS) is 11.3. The molecule has 0 unspecified atom stereocenters. The fourth-order valence-corrected chi connectivity index (χ4v) is 10.1. The lowest BCUT2D eigenvalue weighted by molar-refractivity contribution is 0.456. The van der Waals surface area contributed by atoms with E-state index in [1.165, 1.54) is 26.2 Å². The Labute approximate surface area is 360 Å². The predicted octanol–water partition coefficient (Wildman–Crippen LogP) is 16.0. The Balaban J connectivity index is 1.22. The molecule has 0 fully saturated rings. The Bertz CT molecular complexity index is 3260. The highest BCUT2D eigenvalue weighted by atomic mass is 32.1. The summed E-state index contributed by atoms with van der Waals surface area (Å²) in [4.78, 5) is 2.26. The molecule has 5 heteroatoms. The quantitative estimate of drug-likeness (QED) is 0.127. The number of thiophene rings is 1. The number of aromatic hydroxyl groups is 3. The highest BCUT2D eigenvalue weighted by Crippen LogP contribution is 2.48. The summed E-state index contributed by atoms with van der Waals surface area (Å²) < 4.78 is 2.55. The van der Waals surface area contributed by atoms with Gasteiger partial charge >= 0.3 is 0 Å². The molecule has 0 aliphatic heterocycles. The molecule has 0 aliphatic carbocycles. The first kappa shape index (κ1) is 39.1. The summed E-state index contributed by atoms with van der Waals surface area (Å²) in [6.07, 6.45) is 4.82. The summed E-state index contributed by atoms with van der Waals surface area (Å²) in [6, 6.07) is 44.9. The molecule has 0 amide bonds. The van der Waals surface area contributed by atoms with Crippen molar-refractivity contribution in [3.8, 4) is 50.6 Å². The first-order valence-corrected chi connectivity index (χ1v) is 21.1. The predicted molar refractivity (Wildman–Crippen MR) is 262 cm³/mol. The monoisotopic (exact) mass is 811 g/mol. The fraction of sp³-hybridized carbons (Fsp3) is 0.0714. The molecule has 0 spiro atoms. The topological polar surface area (TPSA) is 63.9 Å². The van der Waals surface area contributed by atoms with Gasteiger partial charge in [0, 0.05) is 64.8 Å². The average Bonchev–Trinajstić information content (AvgIpc) is 3.67. The molecule has 9 aromatic rings. The molecule has 0 saturated heterocycles. The third-order valence-electron chi connectivity index (χ3n) is 12.4. The van der Waals surface area contributed by atoms with E-state index in [4.69, 9.17) is 0 Å². The van der Waals surface area contributed by atoms with Gasteiger partial charge in [-0.05, 0) is 126 Å². The van der Waals surface area contributed by atoms with Crippen molar-refractivity contribution in [1.29, 1.82) is 0 Å². The minimum atomic E-state index is 0.0437. The lowest BCUT2D eigenvalue weighted by Gasteiger charge is -2.28. The molecule has 1 heterocycles. The van der Waals surface area contributed by atoms with E-state index >= 15 is 0 Å². The van der Waals surface area contributed by atoms with E-state index in [-0.39, 0.29) is 17.2 Å². The zero-order valence-corrected chi connectivity index (χ0v) is 35.5. The van der Waals surface area contributed by atoms with Crippen LogP contribution in [0.25, 0.3) is 82.6 Å². The van der Waals surface area contributed by atoms with E-state index in [2.05, 4.69) is 135 Å². The van der Waals surface area contributed by atoms with Crippen molar-refractivity contribution in [3.63, 3.8) is 0 Å². The zero-order valence-electron chi connectivity index (χ0n) is 34.7. The lowest BCUT2D eigenvalue weighted by atomic mass is 9.88. The molecule has 4 nitrogen and oxygen atoms in total. The van der Waals surface area contributed by atoms with Gasteiger partial charge in [0.15, 0.2) is 0 Å². The average molecular weight is 812 g/mol. The van der Waals surface area contributed by atoms with Crippen LogP contribution in [-0.4, -0.2) is 15.3 Å². The smallest absolute Gasteiger partial charge is 0.131 e. The lowest BCUT2D eigenvalue weighted by Crippen LogP contribution is -2.10. The van der Waals surface area contributed by atoms with Crippen LogP contribution in [0, 0.1) is 27.7 Å². The molecule has 8 aromatic carbocycles. The second-order valence-electron chi connectivity index (χ2n) is 15.6. The molecular weight excluding hydrogens is 767 g/mol. The Kier molecular flexibility index (Phi) is 9.85. The highest BCUT2D eigenvalue weighted by Gasteiger charge is 2.23. The minimum Gasteiger partial charge on any atom is -0.507 e. The van der Waals surface area contributed by atoms with E-state index in [0.717, 1.165) is 77.9 Å². The van der Waals surface area contributed by atoms with E-state index in [1.54, 1.807) is 19.1 Å². The second kappa shape index (κ2) is 15.4.